The number of amides is 1. The van der Waals surface area contributed by atoms with Crippen molar-refractivity contribution < 1.29 is 34.0 Å². The molecule has 0 spiro atoms. The van der Waals surface area contributed by atoms with Gasteiger partial charge in [-0.05, 0) is 47.9 Å². The minimum absolute atomic E-state index is 0.189. The lowest BCUT2D eigenvalue weighted by atomic mass is 9.99. The molecule has 1 amide bonds. The van der Waals surface area contributed by atoms with Crippen molar-refractivity contribution in [3.63, 3.8) is 0 Å². The second-order valence-electron chi connectivity index (χ2n) is 6.91. The van der Waals surface area contributed by atoms with Crippen molar-refractivity contribution in [1.82, 2.24) is 5.32 Å². The van der Waals surface area contributed by atoms with Crippen LogP contribution < -0.4 is 10.1 Å². The number of aliphatic hydroxyl groups excluding tert-OH is 3. The first-order valence-electron chi connectivity index (χ1n) is 9.22. The zero-order chi connectivity index (χ0) is 21.1. The van der Waals surface area contributed by atoms with Crippen molar-refractivity contribution in [1.29, 1.82) is 0 Å². The van der Waals surface area contributed by atoms with Crippen LogP contribution in [0.15, 0.2) is 42.5 Å². The lowest BCUT2D eigenvalue weighted by Crippen LogP contribution is -2.58. The Labute approximate surface area is 167 Å². The number of hydrogen-bond acceptors (Lipinski definition) is 6. The third-order valence-corrected chi connectivity index (χ3v) is 4.91. The fourth-order valence-corrected chi connectivity index (χ4v) is 3.21. The largest absolute Gasteiger partial charge is 0.461 e. The molecule has 0 aliphatic carbocycles. The number of halogens is 1. The first kappa shape index (κ1) is 21.2. The molecule has 7 nitrogen and oxygen atoms in total. The number of rotatable bonds is 5. The maximum atomic E-state index is 14.3. The van der Waals surface area contributed by atoms with Crippen molar-refractivity contribution in [2.45, 2.75) is 37.7 Å². The summed E-state index contributed by atoms with van der Waals surface area (Å²) in [6.45, 7) is 1.19. The Kier molecular flexibility index (Phi) is 6.49. The highest BCUT2D eigenvalue weighted by Crippen LogP contribution is 2.31. The van der Waals surface area contributed by atoms with Crippen molar-refractivity contribution >= 4 is 5.91 Å². The number of nitrogens with one attached hydrogen (secondary N) is 1. The van der Waals surface area contributed by atoms with Crippen molar-refractivity contribution in [3.05, 3.63) is 53.6 Å². The highest BCUT2D eigenvalue weighted by atomic mass is 19.1. The van der Waals surface area contributed by atoms with Gasteiger partial charge in [0.25, 0.3) is 5.91 Å². The standard InChI is InChI=1S/C21H24FNO6/c1-11-8-13(12-4-3-5-14(9-12)20(27)23-2)6-7-15(11)28-21-17(22)19(26)18(25)16(10-24)29-21/h3-9,16-19,21,24-26H,10H2,1-2H3,(H,23,27)/t16?,17?,18-,19?,21+/m1/s1. The molecular formula is C21H24FNO6. The van der Waals surface area contributed by atoms with Crippen LogP contribution in [0.2, 0.25) is 0 Å². The van der Waals surface area contributed by atoms with Gasteiger partial charge >= 0.3 is 0 Å². The minimum Gasteiger partial charge on any atom is -0.461 e. The van der Waals surface area contributed by atoms with E-state index in [0.717, 1.165) is 11.1 Å². The van der Waals surface area contributed by atoms with Crippen LogP contribution in [0.4, 0.5) is 4.39 Å². The van der Waals surface area contributed by atoms with Gasteiger partial charge in [0.1, 0.15) is 24.1 Å². The van der Waals surface area contributed by atoms with E-state index >= 15 is 0 Å². The summed E-state index contributed by atoms with van der Waals surface area (Å²) in [5.41, 5.74) is 2.88. The summed E-state index contributed by atoms with van der Waals surface area (Å²) >= 11 is 0. The number of ether oxygens (including phenoxy) is 2. The minimum atomic E-state index is -1.98. The molecule has 2 aromatic rings. The van der Waals surface area contributed by atoms with Gasteiger partial charge in [-0.15, -0.1) is 0 Å². The monoisotopic (exact) mass is 405 g/mol. The molecular weight excluding hydrogens is 381 g/mol. The van der Waals surface area contributed by atoms with Crippen LogP contribution in [0, 0.1) is 6.92 Å². The Morgan fingerprint density at radius 2 is 1.90 bits per heavy atom. The van der Waals surface area contributed by atoms with E-state index in [1.54, 1.807) is 44.3 Å². The number of benzene rings is 2. The fourth-order valence-electron chi connectivity index (χ4n) is 3.21. The van der Waals surface area contributed by atoms with E-state index < -0.39 is 37.4 Å². The van der Waals surface area contributed by atoms with Gasteiger partial charge in [0.15, 0.2) is 6.17 Å². The predicted molar refractivity (Wildman–Crippen MR) is 103 cm³/mol. The summed E-state index contributed by atoms with van der Waals surface area (Å²) in [5.74, 6) is 0.148. The molecule has 29 heavy (non-hydrogen) atoms. The topological polar surface area (TPSA) is 108 Å². The van der Waals surface area contributed by atoms with Crippen molar-refractivity contribution in [3.8, 4) is 16.9 Å². The summed E-state index contributed by atoms with van der Waals surface area (Å²) in [6.07, 6.45) is -7.85. The Morgan fingerprint density at radius 1 is 1.17 bits per heavy atom. The van der Waals surface area contributed by atoms with Crippen LogP contribution in [0.5, 0.6) is 5.75 Å². The fraction of sp³-hybridized carbons (Fsp3) is 0.381. The normalized spacial score (nSPS) is 26.8. The Hall–Kier alpha value is -2.52. The van der Waals surface area contributed by atoms with Gasteiger partial charge in [-0.2, -0.15) is 0 Å². The second-order valence-corrected chi connectivity index (χ2v) is 6.91. The quantitative estimate of drug-likeness (QED) is 0.595. The first-order chi connectivity index (χ1) is 13.8. The molecule has 1 fully saturated rings. The van der Waals surface area contributed by atoms with E-state index in [1.807, 2.05) is 12.1 Å². The maximum absolute atomic E-state index is 14.3. The summed E-state index contributed by atoms with van der Waals surface area (Å²) in [4.78, 5) is 11.8. The molecule has 1 aliphatic heterocycles. The lowest BCUT2D eigenvalue weighted by Gasteiger charge is -2.38. The highest BCUT2D eigenvalue weighted by molar-refractivity contribution is 5.95. The molecule has 1 aliphatic rings. The summed E-state index contributed by atoms with van der Waals surface area (Å²) in [5, 5.41) is 31.4. The van der Waals surface area contributed by atoms with E-state index in [-0.39, 0.29) is 5.91 Å². The van der Waals surface area contributed by atoms with Crippen LogP contribution in [-0.2, 0) is 4.74 Å². The van der Waals surface area contributed by atoms with E-state index in [1.165, 1.54) is 0 Å². The SMILES string of the molecule is CNC(=O)c1cccc(-c2ccc(O[C@H]3OC(CO)[C@@H](O)C(O)C3F)c(C)c2)c1. The number of aliphatic hydroxyl groups is 3. The summed E-state index contributed by atoms with van der Waals surface area (Å²) in [6, 6.07) is 12.3. The van der Waals surface area contributed by atoms with Crippen LogP contribution in [-0.4, -0.2) is 65.7 Å². The zero-order valence-electron chi connectivity index (χ0n) is 16.1. The second kappa shape index (κ2) is 8.87. The van der Waals surface area contributed by atoms with Gasteiger partial charge in [-0.25, -0.2) is 4.39 Å². The summed E-state index contributed by atoms with van der Waals surface area (Å²) in [7, 11) is 1.56. The third-order valence-electron chi connectivity index (χ3n) is 4.91. The van der Waals surface area contributed by atoms with Gasteiger partial charge in [0, 0.05) is 12.6 Å². The Bertz CT molecular complexity index is 874. The number of aryl methyl sites for hydroxylation is 1. The van der Waals surface area contributed by atoms with Gasteiger partial charge in [0.2, 0.25) is 6.29 Å². The number of carbonyl (C=O) groups is 1. The first-order valence-corrected chi connectivity index (χ1v) is 9.22. The third kappa shape index (κ3) is 4.40. The molecule has 0 aromatic heterocycles. The molecule has 0 bridgehead atoms. The Balaban J connectivity index is 1.81. The average Bonchev–Trinajstić information content (AvgIpc) is 2.74. The van der Waals surface area contributed by atoms with E-state index in [9.17, 15) is 24.5 Å². The van der Waals surface area contributed by atoms with Crippen LogP contribution in [0.1, 0.15) is 15.9 Å². The molecule has 2 aromatic carbocycles. The number of hydrogen-bond donors (Lipinski definition) is 4. The zero-order valence-corrected chi connectivity index (χ0v) is 16.1. The molecule has 3 unspecified atom stereocenters. The summed E-state index contributed by atoms with van der Waals surface area (Å²) < 4.78 is 25.2. The molecule has 4 N–H and O–H groups in total. The average molecular weight is 405 g/mol. The molecule has 1 saturated heterocycles. The van der Waals surface area contributed by atoms with Gasteiger partial charge < -0.3 is 30.1 Å². The van der Waals surface area contributed by atoms with E-state index in [4.69, 9.17) is 9.47 Å². The van der Waals surface area contributed by atoms with Crippen molar-refractivity contribution in [2.24, 2.45) is 0 Å². The molecule has 0 radical (unpaired) electrons. The predicted octanol–water partition coefficient (Wildman–Crippen LogP) is 1.18. The van der Waals surface area contributed by atoms with E-state index in [0.29, 0.717) is 16.9 Å². The van der Waals surface area contributed by atoms with Gasteiger partial charge in [-0.3, -0.25) is 4.79 Å². The van der Waals surface area contributed by atoms with Gasteiger partial charge in [0.05, 0.1) is 6.61 Å². The van der Waals surface area contributed by atoms with Crippen LogP contribution in [0.25, 0.3) is 11.1 Å². The number of alkyl halides is 1. The van der Waals surface area contributed by atoms with Crippen LogP contribution >= 0.6 is 0 Å². The number of carbonyl (C=O) groups excluding carboxylic acids is 1. The molecule has 1 heterocycles. The smallest absolute Gasteiger partial charge is 0.251 e. The molecule has 0 saturated carbocycles. The maximum Gasteiger partial charge on any atom is 0.251 e. The molecule has 156 valence electrons. The van der Waals surface area contributed by atoms with Gasteiger partial charge in [-0.1, -0.05) is 18.2 Å². The highest BCUT2D eigenvalue weighted by Gasteiger charge is 2.46. The van der Waals surface area contributed by atoms with E-state index in [2.05, 4.69) is 5.32 Å². The molecule has 3 rings (SSSR count). The molecule has 5 atom stereocenters. The van der Waals surface area contributed by atoms with Crippen LogP contribution in [0.3, 0.4) is 0 Å². The van der Waals surface area contributed by atoms with Crippen molar-refractivity contribution in [2.75, 3.05) is 13.7 Å². The Morgan fingerprint density at radius 3 is 2.55 bits per heavy atom. The lowest BCUT2D eigenvalue weighted by molar-refractivity contribution is -0.262. The molecule has 8 heteroatoms.